The highest BCUT2D eigenvalue weighted by atomic mass is 16.5. The molecule has 27 heavy (non-hydrogen) atoms. The van der Waals surface area contributed by atoms with E-state index < -0.39 is 0 Å². The zero-order valence-corrected chi connectivity index (χ0v) is 15.9. The first-order chi connectivity index (χ1) is 13.3. The molecule has 0 atom stereocenters. The van der Waals surface area contributed by atoms with Gasteiger partial charge in [-0.2, -0.15) is 0 Å². The molecule has 2 aliphatic rings. The molecule has 0 unspecified atom stereocenters. The normalized spacial score (nSPS) is 17.4. The lowest BCUT2D eigenvalue weighted by Gasteiger charge is -2.28. The molecule has 7 nitrogen and oxygen atoms in total. The Hall–Kier alpha value is -2.44. The van der Waals surface area contributed by atoms with Crippen LogP contribution in [-0.2, 0) is 17.6 Å². The van der Waals surface area contributed by atoms with Gasteiger partial charge in [0.1, 0.15) is 5.75 Å². The second-order valence-corrected chi connectivity index (χ2v) is 7.36. The van der Waals surface area contributed by atoms with E-state index in [4.69, 9.17) is 4.74 Å². The minimum atomic E-state index is 0.207. The first-order valence-electron chi connectivity index (χ1n) is 10.1. The standard InChI is InChI=1S/C20H27N5O2/c1-2-24-18-11-10-17(14-15(18)9-12-20(24)26)27-13-5-8-19-21-22-23-25(19)16-6-3-4-7-16/h10-11,14,16H,2-9,12-13H2,1H3. The summed E-state index contributed by atoms with van der Waals surface area (Å²) in [5, 5.41) is 12.2. The average molecular weight is 369 g/mol. The van der Waals surface area contributed by atoms with Gasteiger partial charge in [-0.3, -0.25) is 4.79 Å². The Morgan fingerprint density at radius 2 is 2.07 bits per heavy atom. The number of hydrogen-bond acceptors (Lipinski definition) is 5. The Kier molecular flexibility index (Phi) is 5.36. The topological polar surface area (TPSA) is 73.1 Å². The van der Waals surface area contributed by atoms with Gasteiger partial charge in [-0.15, -0.1) is 5.10 Å². The smallest absolute Gasteiger partial charge is 0.227 e. The summed E-state index contributed by atoms with van der Waals surface area (Å²) in [4.78, 5) is 13.8. The number of amides is 1. The fourth-order valence-electron chi connectivity index (χ4n) is 4.20. The van der Waals surface area contributed by atoms with E-state index in [2.05, 4.69) is 21.6 Å². The van der Waals surface area contributed by atoms with Gasteiger partial charge >= 0.3 is 0 Å². The van der Waals surface area contributed by atoms with Crippen LogP contribution in [0.1, 0.15) is 62.9 Å². The molecule has 4 rings (SSSR count). The van der Waals surface area contributed by atoms with Crippen LogP contribution < -0.4 is 9.64 Å². The van der Waals surface area contributed by atoms with E-state index in [1.165, 1.54) is 31.2 Å². The maximum atomic E-state index is 12.0. The molecule has 0 radical (unpaired) electrons. The average Bonchev–Trinajstić information content (AvgIpc) is 3.36. The number of tetrazole rings is 1. The lowest BCUT2D eigenvalue weighted by molar-refractivity contribution is -0.118. The molecule has 0 spiro atoms. The SMILES string of the molecule is CCN1C(=O)CCc2cc(OCCCc3nnnn3C3CCCC3)ccc21. The molecule has 2 aromatic rings. The number of hydrogen-bond donors (Lipinski definition) is 0. The number of nitrogens with zero attached hydrogens (tertiary/aromatic N) is 5. The highest BCUT2D eigenvalue weighted by Crippen LogP contribution is 2.31. The van der Waals surface area contributed by atoms with E-state index in [0.717, 1.165) is 36.5 Å². The predicted octanol–water partition coefficient (Wildman–Crippen LogP) is 3.10. The molecule has 0 saturated heterocycles. The molecule has 0 bridgehead atoms. The maximum Gasteiger partial charge on any atom is 0.227 e. The highest BCUT2D eigenvalue weighted by molar-refractivity contribution is 5.96. The number of aryl methyl sites for hydroxylation is 2. The zero-order valence-electron chi connectivity index (χ0n) is 15.9. The molecule has 1 aliphatic carbocycles. The Bertz CT molecular complexity index is 797. The molecule has 1 fully saturated rings. The third-order valence-corrected chi connectivity index (χ3v) is 5.61. The Morgan fingerprint density at radius 1 is 1.22 bits per heavy atom. The molecule has 1 aromatic carbocycles. The largest absolute Gasteiger partial charge is 0.494 e. The van der Waals surface area contributed by atoms with Crippen molar-refractivity contribution in [3.63, 3.8) is 0 Å². The Morgan fingerprint density at radius 3 is 2.89 bits per heavy atom. The summed E-state index contributed by atoms with van der Waals surface area (Å²) >= 11 is 0. The summed E-state index contributed by atoms with van der Waals surface area (Å²) in [6.07, 6.45) is 7.98. The van der Waals surface area contributed by atoms with E-state index in [0.29, 0.717) is 25.6 Å². The van der Waals surface area contributed by atoms with Crippen molar-refractivity contribution in [3.05, 3.63) is 29.6 Å². The van der Waals surface area contributed by atoms with E-state index >= 15 is 0 Å². The Balaban J connectivity index is 1.31. The molecule has 1 aromatic heterocycles. The van der Waals surface area contributed by atoms with Crippen molar-refractivity contribution in [1.82, 2.24) is 20.2 Å². The summed E-state index contributed by atoms with van der Waals surface area (Å²) < 4.78 is 7.97. The van der Waals surface area contributed by atoms with Crippen LogP contribution >= 0.6 is 0 Å². The minimum absolute atomic E-state index is 0.207. The van der Waals surface area contributed by atoms with E-state index in [-0.39, 0.29) is 5.91 Å². The molecule has 0 N–H and O–H groups in total. The van der Waals surface area contributed by atoms with Gasteiger partial charge < -0.3 is 9.64 Å². The molecular weight excluding hydrogens is 342 g/mol. The van der Waals surface area contributed by atoms with Gasteiger partial charge in [0.05, 0.1) is 12.6 Å². The van der Waals surface area contributed by atoms with Gasteiger partial charge in [0.25, 0.3) is 0 Å². The van der Waals surface area contributed by atoms with Crippen LogP contribution in [0.5, 0.6) is 5.75 Å². The van der Waals surface area contributed by atoms with Crippen molar-refractivity contribution < 1.29 is 9.53 Å². The van der Waals surface area contributed by atoms with Crippen LogP contribution in [0.4, 0.5) is 5.69 Å². The number of anilines is 1. The van der Waals surface area contributed by atoms with Gasteiger partial charge in [0, 0.05) is 25.1 Å². The molecule has 1 aliphatic heterocycles. The van der Waals surface area contributed by atoms with Crippen LogP contribution in [0.3, 0.4) is 0 Å². The third-order valence-electron chi connectivity index (χ3n) is 5.61. The van der Waals surface area contributed by atoms with Crippen molar-refractivity contribution in [2.24, 2.45) is 0 Å². The van der Waals surface area contributed by atoms with E-state index in [1.54, 1.807) is 0 Å². The van der Waals surface area contributed by atoms with E-state index in [1.807, 2.05) is 28.6 Å². The van der Waals surface area contributed by atoms with Crippen molar-refractivity contribution in [2.75, 3.05) is 18.1 Å². The predicted molar refractivity (Wildman–Crippen MR) is 102 cm³/mol. The molecular formula is C20H27N5O2. The first-order valence-corrected chi connectivity index (χ1v) is 10.1. The Labute approximate surface area is 159 Å². The van der Waals surface area contributed by atoms with Crippen molar-refractivity contribution in [3.8, 4) is 5.75 Å². The number of carbonyl (C=O) groups is 1. The zero-order chi connectivity index (χ0) is 18.6. The molecule has 1 amide bonds. The molecule has 144 valence electrons. The quantitative estimate of drug-likeness (QED) is 0.701. The van der Waals surface area contributed by atoms with Crippen LogP contribution in [0, 0.1) is 0 Å². The summed E-state index contributed by atoms with van der Waals surface area (Å²) in [5.41, 5.74) is 2.22. The number of rotatable bonds is 7. The lowest BCUT2D eigenvalue weighted by atomic mass is 10.0. The molecule has 1 saturated carbocycles. The number of carbonyl (C=O) groups excluding carboxylic acids is 1. The fraction of sp³-hybridized carbons (Fsp3) is 0.600. The van der Waals surface area contributed by atoms with Crippen molar-refractivity contribution in [1.29, 1.82) is 0 Å². The van der Waals surface area contributed by atoms with Crippen molar-refractivity contribution >= 4 is 11.6 Å². The summed E-state index contributed by atoms with van der Waals surface area (Å²) in [6, 6.07) is 6.52. The maximum absolute atomic E-state index is 12.0. The lowest BCUT2D eigenvalue weighted by Crippen LogP contribution is -2.34. The highest BCUT2D eigenvalue weighted by Gasteiger charge is 2.23. The van der Waals surface area contributed by atoms with E-state index in [9.17, 15) is 4.79 Å². The van der Waals surface area contributed by atoms with Crippen LogP contribution in [0.15, 0.2) is 18.2 Å². The monoisotopic (exact) mass is 369 g/mol. The summed E-state index contributed by atoms with van der Waals surface area (Å²) in [6.45, 7) is 3.35. The van der Waals surface area contributed by atoms with Gasteiger partial charge in [0.15, 0.2) is 5.82 Å². The first kappa shape index (κ1) is 17.9. The van der Waals surface area contributed by atoms with Crippen molar-refractivity contribution in [2.45, 2.75) is 64.3 Å². The summed E-state index contributed by atoms with van der Waals surface area (Å²) in [5.74, 6) is 2.04. The van der Waals surface area contributed by atoms with Gasteiger partial charge in [-0.25, -0.2) is 4.68 Å². The number of ether oxygens (including phenoxy) is 1. The van der Waals surface area contributed by atoms with Gasteiger partial charge in [0.2, 0.25) is 5.91 Å². The van der Waals surface area contributed by atoms with Crippen LogP contribution in [-0.4, -0.2) is 39.3 Å². The molecule has 2 heterocycles. The second kappa shape index (κ2) is 8.06. The number of fused-ring (bicyclic) bond motifs is 1. The number of benzene rings is 1. The van der Waals surface area contributed by atoms with Crippen LogP contribution in [0.25, 0.3) is 0 Å². The van der Waals surface area contributed by atoms with Gasteiger partial charge in [-0.1, -0.05) is 12.8 Å². The number of aromatic nitrogens is 4. The fourth-order valence-corrected chi connectivity index (χ4v) is 4.20. The van der Waals surface area contributed by atoms with Gasteiger partial charge in [-0.05, 0) is 66.8 Å². The third kappa shape index (κ3) is 3.82. The van der Waals surface area contributed by atoms with Crippen LogP contribution in [0.2, 0.25) is 0 Å². The minimum Gasteiger partial charge on any atom is -0.494 e. The second-order valence-electron chi connectivity index (χ2n) is 7.36. The summed E-state index contributed by atoms with van der Waals surface area (Å²) in [7, 11) is 0. The molecule has 7 heteroatoms.